The second-order valence-electron chi connectivity index (χ2n) is 16.9. The minimum atomic E-state index is -1.54. The van der Waals surface area contributed by atoms with Gasteiger partial charge in [-0.3, -0.25) is 4.79 Å². The van der Waals surface area contributed by atoms with Crippen molar-refractivity contribution < 1.29 is 44.2 Å². The molecule has 0 aromatic heterocycles. The van der Waals surface area contributed by atoms with E-state index in [0.29, 0.717) is 13.0 Å². The maximum Gasteiger partial charge on any atom is 0.306 e. The molecule has 6 atom stereocenters. The number of hydrogen-bond acceptors (Lipinski definition) is 9. The van der Waals surface area contributed by atoms with Gasteiger partial charge in [0, 0.05) is 13.0 Å². The first kappa shape index (κ1) is 56.9. The molecule has 354 valence electrons. The van der Waals surface area contributed by atoms with Crippen molar-refractivity contribution >= 4 is 5.97 Å². The van der Waals surface area contributed by atoms with Crippen molar-refractivity contribution in [3.05, 3.63) is 60.8 Å². The molecule has 0 aromatic rings. The van der Waals surface area contributed by atoms with E-state index in [1.54, 1.807) is 0 Å². The van der Waals surface area contributed by atoms with Gasteiger partial charge in [0.05, 0.1) is 19.8 Å². The molecule has 0 amide bonds. The first-order valence-electron chi connectivity index (χ1n) is 24.9. The highest BCUT2D eigenvalue weighted by Crippen LogP contribution is 2.23. The van der Waals surface area contributed by atoms with Crippen LogP contribution >= 0.6 is 0 Å². The molecule has 4 N–H and O–H groups in total. The maximum absolute atomic E-state index is 12.8. The second-order valence-corrected chi connectivity index (χ2v) is 16.9. The summed E-state index contributed by atoms with van der Waals surface area (Å²) >= 11 is 0. The molecular formula is C52H92O9. The normalized spacial score (nSPS) is 20.4. The van der Waals surface area contributed by atoms with Gasteiger partial charge in [-0.15, -0.1) is 0 Å². The number of aliphatic hydroxyl groups is 4. The summed E-state index contributed by atoms with van der Waals surface area (Å²) in [7, 11) is 0. The summed E-state index contributed by atoms with van der Waals surface area (Å²) in [5.74, 6) is -0.322. The van der Waals surface area contributed by atoms with Crippen LogP contribution in [0.15, 0.2) is 60.8 Å². The number of rotatable bonds is 42. The molecule has 6 unspecified atom stereocenters. The molecule has 1 fully saturated rings. The fourth-order valence-corrected chi connectivity index (χ4v) is 7.34. The third kappa shape index (κ3) is 34.0. The van der Waals surface area contributed by atoms with Gasteiger partial charge in [0.25, 0.3) is 0 Å². The van der Waals surface area contributed by atoms with Crippen molar-refractivity contribution in [2.45, 2.75) is 237 Å². The molecule has 0 aliphatic carbocycles. The Kier molecular flexibility index (Phi) is 40.3. The van der Waals surface area contributed by atoms with Gasteiger partial charge in [0.15, 0.2) is 6.29 Å². The molecule has 0 bridgehead atoms. The minimum absolute atomic E-state index is 0.124. The van der Waals surface area contributed by atoms with Crippen LogP contribution in [-0.4, -0.2) is 89.6 Å². The van der Waals surface area contributed by atoms with Crippen LogP contribution < -0.4 is 0 Å². The highest BCUT2D eigenvalue weighted by Gasteiger charge is 2.44. The highest BCUT2D eigenvalue weighted by molar-refractivity contribution is 5.69. The number of aliphatic hydroxyl groups excluding tert-OH is 4. The average molecular weight is 861 g/mol. The van der Waals surface area contributed by atoms with Gasteiger partial charge in [-0.05, 0) is 57.8 Å². The van der Waals surface area contributed by atoms with Crippen LogP contribution in [0, 0.1) is 0 Å². The second kappa shape index (κ2) is 43.2. The van der Waals surface area contributed by atoms with E-state index < -0.39 is 43.4 Å². The molecule has 9 heteroatoms. The molecule has 1 aliphatic rings. The van der Waals surface area contributed by atoms with Crippen molar-refractivity contribution in [3.8, 4) is 0 Å². The third-order valence-electron chi connectivity index (χ3n) is 11.2. The molecule has 0 saturated carbocycles. The molecule has 0 spiro atoms. The monoisotopic (exact) mass is 861 g/mol. The average Bonchev–Trinajstić information content (AvgIpc) is 3.26. The van der Waals surface area contributed by atoms with Gasteiger partial charge >= 0.3 is 5.97 Å². The Hall–Kier alpha value is -2.11. The van der Waals surface area contributed by atoms with Crippen LogP contribution in [0.5, 0.6) is 0 Å². The zero-order chi connectivity index (χ0) is 44.3. The van der Waals surface area contributed by atoms with E-state index in [1.807, 2.05) is 0 Å². The number of carbonyl (C=O) groups is 1. The lowest BCUT2D eigenvalue weighted by Crippen LogP contribution is -2.59. The summed E-state index contributed by atoms with van der Waals surface area (Å²) in [6.45, 7) is 4.40. The largest absolute Gasteiger partial charge is 0.457 e. The lowest BCUT2D eigenvalue weighted by atomic mass is 9.99. The smallest absolute Gasteiger partial charge is 0.306 e. The fraction of sp³-hybridized carbons (Fsp3) is 0.788. The Balaban J connectivity index is 2.25. The lowest BCUT2D eigenvalue weighted by Gasteiger charge is -2.39. The predicted octanol–water partition coefficient (Wildman–Crippen LogP) is 11.9. The van der Waals surface area contributed by atoms with Crippen molar-refractivity contribution in [2.24, 2.45) is 0 Å². The van der Waals surface area contributed by atoms with Crippen molar-refractivity contribution in [2.75, 3.05) is 26.4 Å². The van der Waals surface area contributed by atoms with Crippen LogP contribution in [0.2, 0.25) is 0 Å². The summed E-state index contributed by atoms with van der Waals surface area (Å²) in [5.41, 5.74) is 0. The topological polar surface area (TPSA) is 135 Å². The van der Waals surface area contributed by atoms with Gasteiger partial charge < -0.3 is 39.4 Å². The quantitative estimate of drug-likeness (QED) is 0.0269. The van der Waals surface area contributed by atoms with Crippen molar-refractivity contribution in [3.63, 3.8) is 0 Å². The summed E-state index contributed by atoms with van der Waals surface area (Å²) in [6.07, 6.45) is 48.2. The zero-order valence-corrected chi connectivity index (χ0v) is 38.9. The van der Waals surface area contributed by atoms with Crippen LogP contribution in [-0.2, 0) is 23.7 Å². The van der Waals surface area contributed by atoms with E-state index in [9.17, 15) is 25.2 Å². The minimum Gasteiger partial charge on any atom is -0.457 e. The Morgan fingerprint density at radius 2 is 1.00 bits per heavy atom. The van der Waals surface area contributed by atoms with Gasteiger partial charge in [0.2, 0.25) is 0 Å². The van der Waals surface area contributed by atoms with E-state index >= 15 is 0 Å². The molecule has 61 heavy (non-hydrogen) atoms. The van der Waals surface area contributed by atoms with Crippen LogP contribution in [0.3, 0.4) is 0 Å². The third-order valence-corrected chi connectivity index (χ3v) is 11.2. The Bertz CT molecular complexity index is 1120. The van der Waals surface area contributed by atoms with Crippen molar-refractivity contribution in [1.29, 1.82) is 0 Å². The van der Waals surface area contributed by atoms with Gasteiger partial charge in [0.1, 0.15) is 30.5 Å². The summed E-state index contributed by atoms with van der Waals surface area (Å²) in [4.78, 5) is 12.8. The zero-order valence-electron chi connectivity index (χ0n) is 38.9. The molecule has 0 radical (unpaired) electrons. The van der Waals surface area contributed by atoms with E-state index in [1.165, 1.54) is 96.3 Å². The van der Waals surface area contributed by atoms with Gasteiger partial charge in [-0.2, -0.15) is 0 Å². The molecule has 1 aliphatic heterocycles. The molecule has 0 aromatic carbocycles. The van der Waals surface area contributed by atoms with E-state index in [4.69, 9.17) is 18.9 Å². The number of ether oxygens (including phenoxy) is 4. The molecule has 1 heterocycles. The van der Waals surface area contributed by atoms with Crippen LogP contribution in [0.25, 0.3) is 0 Å². The van der Waals surface area contributed by atoms with Crippen LogP contribution in [0.1, 0.15) is 200 Å². The maximum atomic E-state index is 12.8. The number of carbonyl (C=O) groups excluding carboxylic acids is 1. The van der Waals surface area contributed by atoms with Gasteiger partial charge in [-0.25, -0.2) is 0 Å². The Morgan fingerprint density at radius 1 is 0.541 bits per heavy atom. The first-order valence-corrected chi connectivity index (χ1v) is 24.9. The number of unbranched alkanes of at least 4 members (excludes halogenated alkanes) is 21. The van der Waals surface area contributed by atoms with E-state index in [-0.39, 0.29) is 19.2 Å². The SMILES string of the molecule is CC/C=C\C/C=C\C/C=C\C/C=C\C/C=C\CCCCCCOCC(COC1OC(CO)C(O)C(O)C1O)OC(=O)CCCCCCCCCCCCCCCCCCCC. The van der Waals surface area contributed by atoms with E-state index in [0.717, 1.165) is 83.5 Å². The molecule has 9 nitrogen and oxygen atoms in total. The number of esters is 1. The van der Waals surface area contributed by atoms with Crippen LogP contribution in [0.4, 0.5) is 0 Å². The van der Waals surface area contributed by atoms with Gasteiger partial charge in [-0.1, -0.05) is 197 Å². The Labute approximate surface area is 373 Å². The predicted molar refractivity (Wildman–Crippen MR) is 251 cm³/mol. The standard InChI is InChI=1S/C52H92O9/c1-3-5-7-9-11-13-15-17-19-21-23-24-26-28-30-32-34-36-38-40-42-58-44-46(45-59-52-51(57)50(56)49(55)47(43-53)61-52)60-48(54)41-39-37-35-33-31-29-27-25-22-20-18-16-14-12-10-8-6-4-2/h5,7,11,13,17,19,23-24,28,30,46-47,49-53,55-57H,3-4,6,8-10,12,14-16,18,20-22,25-27,29,31-45H2,1-2H3/b7-5-,13-11-,19-17-,24-23-,30-28-. The molecule has 1 saturated heterocycles. The number of hydrogen-bond donors (Lipinski definition) is 4. The first-order chi connectivity index (χ1) is 29.9. The fourth-order valence-electron chi connectivity index (χ4n) is 7.34. The molecular weight excluding hydrogens is 769 g/mol. The Morgan fingerprint density at radius 3 is 1.51 bits per heavy atom. The number of allylic oxidation sites excluding steroid dienone is 10. The van der Waals surface area contributed by atoms with Crippen molar-refractivity contribution in [1.82, 2.24) is 0 Å². The van der Waals surface area contributed by atoms with E-state index in [2.05, 4.69) is 74.6 Å². The highest BCUT2D eigenvalue weighted by atomic mass is 16.7. The summed E-state index contributed by atoms with van der Waals surface area (Å²) in [5, 5.41) is 40.2. The molecule has 1 rings (SSSR count). The lowest BCUT2D eigenvalue weighted by molar-refractivity contribution is -0.305. The summed E-state index contributed by atoms with van der Waals surface area (Å²) < 4.78 is 22.9. The summed E-state index contributed by atoms with van der Waals surface area (Å²) in [6, 6.07) is 0.